The molecule has 1 amide bonds. The van der Waals surface area contributed by atoms with Crippen molar-refractivity contribution in [2.45, 2.75) is 32.2 Å². The molecular weight excluding hydrogens is 372 g/mol. The Morgan fingerprint density at radius 1 is 1.54 bits per heavy atom. The number of halogens is 1. The summed E-state index contributed by atoms with van der Waals surface area (Å²) in [6.07, 6.45) is 2.37. The van der Waals surface area contributed by atoms with Gasteiger partial charge in [-0.3, -0.25) is 4.79 Å². The summed E-state index contributed by atoms with van der Waals surface area (Å²) in [4.78, 5) is 25.6. The van der Waals surface area contributed by atoms with E-state index in [2.05, 4.69) is 20.3 Å². The molecule has 136 valence electrons. The van der Waals surface area contributed by atoms with Gasteiger partial charge in [0.25, 0.3) is 0 Å². The molecule has 2 unspecified atom stereocenters. The predicted molar refractivity (Wildman–Crippen MR) is 102 cm³/mol. The molecule has 3 atom stereocenters. The second kappa shape index (κ2) is 6.89. The van der Waals surface area contributed by atoms with Crippen LogP contribution < -0.4 is 10.1 Å². The van der Waals surface area contributed by atoms with Crippen LogP contribution in [0.15, 0.2) is 24.4 Å². The number of ether oxygens (including phenoxy) is 1. The maximum atomic E-state index is 12.6. The van der Waals surface area contributed by atoms with Gasteiger partial charge in [-0.15, -0.1) is 11.3 Å². The van der Waals surface area contributed by atoms with Gasteiger partial charge in [0.05, 0.1) is 23.2 Å². The number of pyridine rings is 1. The molecule has 1 aliphatic carbocycles. The fourth-order valence-electron chi connectivity index (χ4n) is 3.03. The fourth-order valence-corrected chi connectivity index (χ4v) is 4.11. The average Bonchev–Trinajstić information content (AvgIpc) is 3.08. The SMILES string of the molecule is CCOc1ccc([C@@H](C)NC(=O)C2CC2c2nc3ncc(Cl)cc3[nH]2)s1. The van der Waals surface area contributed by atoms with Crippen molar-refractivity contribution in [2.75, 3.05) is 6.61 Å². The van der Waals surface area contributed by atoms with E-state index in [0.717, 1.165) is 27.7 Å². The normalized spacial score (nSPS) is 20.1. The Hall–Kier alpha value is -2.12. The number of carbonyl (C=O) groups is 1. The molecule has 1 fully saturated rings. The van der Waals surface area contributed by atoms with Crippen LogP contribution in [0.2, 0.25) is 5.02 Å². The minimum atomic E-state index is -0.0557. The quantitative estimate of drug-likeness (QED) is 0.665. The van der Waals surface area contributed by atoms with Crippen molar-refractivity contribution in [1.29, 1.82) is 0 Å². The summed E-state index contributed by atoms with van der Waals surface area (Å²) in [6, 6.07) is 5.70. The fraction of sp³-hybridized carbons (Fsp3) is 0.389. The van der Waals surface area contributed by atoms with Crippen LogP contribution in [0.3, 0.4) is 0 Å². The van der Waals surface area contributed by atoms with Gasteiger partial charge in [-0.2, -0.15) is 0 Å². The molecule has 0 bridgehead atoms. The lowest BCUT2D eigenvalue weighted by molar-refractivity contribution is -0.123. The number of H-pyrrole nitrogens is 1. The number of aromatic nitrogens is 3. The molecule has 3 aromatic rings. The van der Waals surface area contributed by atoms with E-state index in [4.69, 9.17) is 16.3 Å². The number of fused-ring (bicyclic) bond motifs is 1. The first-order valence-corrected chi connectivity index (χ1v) is 9.78. The molecule has 0 aliphatic heterocycles. The zero-order valence-corrected chi connectivity index (χ0v) is 16.0. The Bertz CT molecular complexity index is 954. The second-order valence-electron chi connectivity index (χ2n) is 6.42. The molecular formula is C18H19ClN4O2S. The molecule has 8 heteroatoms. The summed E-state index contributed by atoms with van der Waals surface area (Å²) in [7, 11) is 0. The van der Waals surface area contributed by atoms with Crippen LogP contribution in [0.5, 0.6) is 5.06 Å². The number of nitrogens with one attached hydrogen (secondary N) is 2. The van der Waals surface area contributed by atoms with Crippen molar-refractivity contribution in [2.24, 2.45) is 5.92 Å². The van der Waals surface area contributed by atoms with Gasteiger partial charge in [0, 0.05) is 22.9 Å². The Labute approximate surface area is 160 Å². The molecule has 1 aliphatic rings. The number of carbonyl (C=O) groups excluding carboxylic acids is 1. The molecule has 0 spiro atoms. The largest absolute Gasteiger partial charge is 0.484 e. The summed E-state index contributed by atoms with van der Waals surface area (Å²) in [5, 5.41) is 4.53. The van der Waals surface area contributed by atoms with Gasteiger partial charge in [0.1, 0.15) is 5.82 Å². The van der Waals surface area contributed by atoms with Crippen molar-refractivity contribution in [3.63, 3.8) is 0 Å². The first-order chi connectivity index (χ1) is 12.5. The number of nitrogens with zero attached hydrogens (tertiary/aromatic N) is 2. The van der Waals surface area contributed by atoms with Crippen LogP contribution in [0.4, 0.5) is 0 Å². The molecule has 4 rings (SSSR count). The van der Waals surface area contributed by atoms with Crippen LogP contribution in [0.1, 0.15) is 42.9 Å². The average molecular weight is 391 g/mol. The number of thiophene rings is 1. The summed E-state index contributed by atoms with van der Waals surface area (Å²) in [5.41, 5.74) is 1.43. The summed E-state index contributed by atoms with van der Waals surface area (Å²) in [6.45, 7) is 4.59. The van der Waals surface area contributed by atoms with Gasteiger partial charge in [-0.1, -0.05) is 11.6 Å². The van der Waals surface area contributed by atoms with E-state index in [1.807, 2.05) is 26.0 Å². The molecule has 2 N–H and O–H groups in total. The lowest BCUT2D eigenvalue weighted by Gasteiger charge is -2.11. The van der Waals surface area contributed by atoms with Crippen LogP contribution in [0.25, 0.3) is 11.2 Å². The van der Waals surface area contributed by atoms with Gasteiger partial charge < -0.3 is 15.0 Å². The number of hydrogen-bond acceptors (Lipinski definition) is 5. The number of aromatic amines is 1. The Morgan fingerprint density at radius 3 is 3.19 bits per heavy atom. The van der Waals surface area contributed by atoms with E-state index in [0.29, 0.717) is 17.3 Å². The highest BCUT2D eigenvalue weighted by molar-refractivity contribution is 7.13. The molecule has 3 aromatic heterocycles. The van der Waals surface area contributed by atoms with Crippen molar-refractivity contribution in [3.8, 4) is 5.06 Å². The third-order valence-electron chi connectivity index (χ3n) is 4.48. The molecule has 0 saturated heterocycles. The maximum absolute atomic E-state index is 12.6. The maximum Gasteiger partial charge on any atom is 0.224 e. The third kappa shape index (κ3) is 3.41. The highest BCUT2D eigenvalue weighted by Gasteiger charge is 2.46. The zero-order valence-electron chi connectivity index (χ0n) is 14.5. The second-order valence-corrected chi connectivity index (χ2v) is 7.93. The Balaban J connectivity index is 1.39. The molecule has 0 radical (unpaired) electrons. The number of amides is 1. The molecule has 6 nitrogen and oxygen atoms in total. The highest BCUT2D eigenvalue weighted by Crippen LogP contribution is 2.47. The van der Waals surface area contributed by atoms with Gasteiger partial charge in [0.2, 0.25) is 5.91 Å². The smallest absolute Gasteiger partial charge is 0.224 e. The van der Waals surface area contributed by atoms with E-state index in [1.165, 1.54) is 0 Å². The standard InChI is InChI=1S/C18H19ClN4O2S/c1-3-25-15-5-4-14(26-15)9(2)21-18(24)12-7-11(12)16-22-13-6-10(19)8-20-17(13)23-16/h4-6,8-9,11-12H,3,7H2,1-2H3,(H,21,24)(H,20,22,23)/t9-,11?,12?/m1/s1. The van der Waals surface area contributed by atoms with Crippen molar-refractivity contribution in [3.05, 3.63) is 40.1 Å². The Kier molecular flexibility index (Phi) is 4.58. The number of rotatable bonds is 6. The monoisotopic (exact) mass is 390 g/mol. The van der Waals surface area contributed by atoms with E-state index in [1.54, 1.807) is 23.6 Å². The summed E-state index contributed by atoms with van der Waals surface area (Å²) in [5.74, 6) is 0.912. The third-order valence-corrected chi connectivity index (χ3v) is 5.86. The van der Waals surface area contributed by atoms with Crippen molar-refractivity contribution >= 4 is 40.0 Å². The molecule has 3 heterocycles. The topological polar surface area (TPSA) is 79.9 Å². The van der Waals surface area contributed by atoms with Crippen LogP contribution in [-0.4, -0.2) is 27.5 Å². The molecule has 26 heavy (non-hydrogen) atoms. The first kappa shape index (κ1) is 17.3. The summed E-state index contributed by atoms with van der Waals surface area (Å²) >= 11 is 7.52. The molecule has 1 saturated carbocycles. The number of imidazole rings is 1. The minimum Gasteiger partial charge on any atom is -0.484 e. The highest BCUT2D eigenvalue weighted by atomic mass is 35.5. The van der Waals surface area contributed by atoms with E-state index in [-0.39, 0.29) is 23.8 Å². The van der Waals surface area contributed by atoms with Gasteiger partial charge in [-0.05, 0) is 38.5 Å². The van der Waals surface area contributed by atoms with E-state index < -0.39 is 0 Å². The predicted octanol–water partition coefficient (Wildman–Crippen LogP) is 4.05. The first-order valence-electron chi connectivity index (χ1n) is 8.59. The Morgan fingerprint density at radius 2 is 2.38 bits per heavy atom. The van der Waals surface area contributed by atoms with Gasteiger partial charge in [-0.25, -0.2) is 9.97 Å². The number of hydrogen-bond donors (Lipinski definition) is 2. The van der Waals surface area contributed by atoms with Crippen molar-refractivity contribution < 1.29 is 9.53 Å². The van der Waals surface area contributed by atoms with Crippen LogP contribution >= 0.6 is 22.9 Å². The zero-order chi connectivity index (χ0) is 18.3. The van der Waals surface area contributed by atoms with Gasteiger partial charge in [0.15, 0.2) is 10.7 Å². The van der Waals surface area contributed by atoms with Crippen LogP contribution in [-0.2, 0) is 4.79 Å². The summed E-state index contributed by atoms with van der Waals surface area (Å²) < 4.78 is 5.49. The lowest BCUT2D eigenvalue weighted by atomic mass is 10.2. The van der Waals surface area contributed by atoms with E-state index in [9.17, 15) is 4.79 Å². The van der Waals surface area contributed by atoms with E-state index >= 15 is 0 Å². The van der Waals surface area contributed by atoms with Crippen molar-refractivity contribution in [1.82, 2.24) is 20.3 Å². The van der Waals surface area contributed by atoms with Crippen LogP contribution in [0, 0.1) is 5.92 Å². The lowest BCUT2D eigenvalue weighted by Crippen LogP contribution is -2.28. The molecule has 0 aromatic carbocycles. The van der Waals surface area contributed by atoms with Gasteiger partial charge >= 0.3 is 0 Å². The minimum absolute atomic E-state index is 0.0425.